The lowest BCUT2D eigenvalue weighted by Crippen LogP contribution is -2.48. The van der Waals surface area contributed by atoms with E-state index in [0.717, 1.165) is 25.7 Å². The second kappa shape index (κ2) is 8.00. The van der Waals surface area contributed by atoms with Crippen LogP contribution in [0, 0.1) is 5.92 Å². The van der Waals surface area contributed by atoms with E-state index in [2.05, 4.69) is 10.6 Å². The van der Waals surface area contributed by atoms with E-state index in [1.54, 1.807) is 13.8 Å². The Balaban J connectivity index is 2.29. The zero-order valence-corrected chi connectivity index (χ0v) is 12.9. The van der Waals surface area contributed by atoms with Crippen LogP contribution in [0.4, 0.5) is 0 Å². The van der Waals surface area contributed by atoms with E-state index in [9.17, 15) is 14.4 Å². The van der Waals surface area contributed by atoms with Gasteiger partial charge in [0, 0.05) is 17.9 Å². The van der Waals surface area contributed by atoms with E-state index in [1.807, 2.05) is 0 Å². The minimum atomic E-state index is -0.886. The number of carbonyl (C=O) groups excluding carboxylic acids is 2. The maximum Gasteiger partial charge on any atom is 0.303 e. The van der Waals surface area contributed by atoms with Crippen molar-refractivity contribution >= 4 is 17.8 Å². The first-order chi connectivity index (χ1) is 9.80. The van der Waals surface area contributed by atoms with Crippen molar-refractivity contribution in [3.8, 4) is 0 Å². The van der Waals surface area contributed by atoms with Crippen LogP contribution in [0.25, 0.3) is 0 Å². The topological polar surface area (TPSA) is 95.5 Å². The molecule has 6 heteroatoms. The Morgan fingerprint density at radius 2 is 1.76 bits per heavy atom. The number of rotatable bonds is 7. The zero-order chi connectivity index (χ0) is 15.9. The lowest BCUT2D eigenvalue weighted by Gasteiger charge is -2.26. The number of carboxylic acid groups (broad SMARTS) is 1. The van der Waals surface area contributed by atoms with E-state index in [-0.39, 0.29) is 30.7 Å². The molecule has 1 aliphatic carbocycles. The Morgan fingerprint density at radius 1 is 1.14 bits per heavy atom. The fourth-order valence-corrected chi connectivity index (χ4v) is 2.58. The highest BCUT2D eigenvalue weighted by Crippen LogP contribution is 2.23. The molecule has 0 saturated heterocycles. The quantitative estimate of drug-likeness (QED) is 0.662. The molecule has 3 N–H and O–H groups in total. The molecule has 0 aromatic rings. The van der Waals surface area contributed by atoms with Crippen molar-refractivity contribution in [2.75, 3.05) is 6.54 Å². The van der Waals surface area contributed by atoms with Gasteiger partial charge in [-0.05, 0) is 33.1 Å². The molecular weight excluding hydrogens is 272 g/mol. The SMILES string of the molecule is CC(C)(CCC(=O)O)NC(=O)CNC(=O)C1CCCCC1. The van der Waals surface area contributed by atoms with Crippen molar-refractivity contribution in [2.45, 2.75) is 64.3 Å². The fourth-order valence-electron chi connectivity index (χ4n) is 2.58. The van der Waals surface area contributed by atoms with Gasteiger partial charge in [-0.1, -0.05) is 19.3 Å². The molecule has 0 aromatic carbocycles. The molecule has 0 atom stereocenters. The van der Waals surface area contributed by atoms with Gasteiger partial charge in [-0.15, -0.1) is 0 Å². The number of carboxylic acids is 1. The largest absolute Gasteiger partial charge is 0.481 e. The van der Waals surface area contributed by atoms with Gasteiger partial charge in [-0.2, -0.15) is 0 Å². The molecule has 2 amide bonds. The molecule has 0 bridgehead atoms. The van der Waals surface area contributed by atoms with E-state index in [4.69, 9.17) is 5.11 Å². The Hall–Kier alpha value is -1.59. The van der Waals surface area contributed by atoms with E-state index in [1.165, 1.54) is 6.42 Å². The van der Waals surface area contributed by atoms with E-state index < -0.39 is 11.5 Å². The van der Waals surface area contributed by atoms with Crippen LogP contribution < -0.4 is 10.6 Å². The number of nitrogens with one attached hydrogen (secondary N) is 2. The van der Waals surface area contributed by atoms with Gasteiger partial charge in [0.05, 0.1) is 6.54 Å². The second-order valence-corrected chi connectivity index (χ2v) is 6.38. The van der Waals surface area contributed by atoms with Crippen LogP contribution in [0.3, 0.4) is 0 Å². The highest BCUT2D eigenvalue weighted by molar-refractivity contribution is 5.86. The van der Waals surface area contributed by atoms with Gasteiger partial charge in [0.15, 0.2) is 0 Å². The monoisotopic (exact) mass is 298 g/mol. The molecule has 0 spiro atoms. The summed E-state index contributed by atoms with van der Waals surface area (Å²) in [5, 5.41) is 14.1. The molecular formula is C15H26N2O4. The number of aliphatic carboxylic acids is 1. The van der Waals surface area contributed by atoms with Crippen LogP contribution in [-0.2, 0) is 14.4 Å². The fraction of sp³-hybridized carbons (Fsp3) is 0.800. The summed E-state index contributed by atoms with van der Waals surface area (Å²) in [6, 6.07) is 0. The van der Waals surface area contributed by atoms with Gasteiger partial charge in [0.1, 0.15) is 0 Å². The normalized spacial score (nSPS) is 16.3. The first kappa shape index (κ1) is 17.5. The summed E-state index contributed by atoms with van der Waals surface area (Å²) < 4.78 is 0. The molecule has 0 aliphatic heterocycles. The van der Waals surface area contributed by atoms with Crippen molar-refractivity contribution in [1.29, 1.82) is 0 Å². The molecule has 6 nitrogen and oxygen atoms in total. The molecule has 0 heterocycles. The molecule has 1 rings (SSSR count). The predicted molar refractivity (Wildman–Crippen MR) is 78.7 cm³/mol. The van der Waals surface area contributed by atoms with Crippen molar-refractivity contribution < 1.29 is 19.5 Å². The van der Waals surface area contributed by atoms with Crippen molar-refractivity contribution in [3.63, 3.8) is 0 Å². The lowest BCUT2D eigenvalue weighted by molar-refractivity contribution is -0.137. The summed E-state index contributed by atoms with van der Waals surface area (Å²) in [7, 11) is 0. The van der Waals surface area contributed by atoms with Crippen LogP contribution in [0.1, 0.15) is 58.8 Å². The third-order valence-corrected chi connectivity index (χ3v) is 3.84. The van der Waals surface area contributed by atoms with Crippen molar-refractivity contribution in [3.05, 3.63) is 0 Å². The van der Waals surface area contributed by atoms with Crippen LogP contribution in [0.5, 0.6) is 0 Å². The first-order valence-electron chi connectivity index (χ1n) is 7.61. The minimum Gasteiger partial charge on any atom is -0.481 e. The van der Waals surface area contributed by atoms with Crippen LogP contribution in [0.15, 0.2) is 0 Å². The first-order valence-corrected chi connectivity index (χ1v) is 7.61. The van der Waals surface area contributed by atoms with E-state index in [0.29, 0.717) is 6.42 Å². The Morgan fingerprint density at radius 3 is 2.33 bits per heavy atom. The van der Waals surface area contributed by atoms with Gasteiger partial charge in [-0.25, -0.2) is 0 Å². The van der Waals surface area contributed by atoms with Gasteiger partial charge >= 0.3 is 5.97 Å². The van der Waals surface area contributed by atoms with Crippen LogP contribution >= 0.6 is 0 Å². The Kier molecular flexibility index (Phi) is 6.65. The van der Waals surface area contributed by atoms with Gasteiger partial charge in [-0.3, -0.25) is 14.4 Å². The summed E-state index contributed by atoms with van der Waals surface area (Å²) >= 11 is 0. The average molecular weight is 298 g/mol. The molecule has 1 aliphatic rings. The minimum absolute atomic E-state index is 0.00170. The average Bonchev–Trinajstić information content (AvgIpc) is 2.43. The molecule has 120 valence electrons. The number of carbonyl (C=O) groups is 3. The molecule has 0 aromatic heterocycles. The number of amides is 2. The van der Waals surface area contributed by atoms with Crippen LogP contribution in [0.2, 0.25) is 0 Å². The molecule has 21 heavy (non-hydrogen) atoms. The maximum absolute atomic E-state index is 11.9. The van der Waals surface area contributed by atoms with Gasteiger partial charge in [0.25, 0.3) is 0 Å². The van der Waals surface area contributed by atoms with Gasteiger partial charge in [0.2, 0.25) is 11.8 Å². The highest BCUT2D eigenvalue weighted by atomic mass is 16.4. The maximum atomic E-state index is 11.9. The smallest absolute Gasteiger partial charge is 0.303 e. The van der Waals surface area contributed by atoms with E-state index >= 15 is 0 Å². The molecule has 1 fully saturated rings. The lowest BCUT2D eigenvalue weighted by atomic mass is 9.89. The Bertz CT molecular complexity index is 387. The molecule has 1 saturated carbocycles. The molecule has 0 radical (unpaired) electrons. The zero-order valence-electron chi connectivity index (χ0n) is 12.9. The summed E-state index contributed by atoms with van der Waals surface area (Å²) in [5.41, 5.74) is -0.592. The van der Waals surface area contributed by atoms with Gasteiger partial charge < -0.3 is 15.7 Å². The summed E-state index contributed by atoms with van der Waals surface area (Å²) in [4.78, 5) is 34.3. The summed E-state index contributed by atoms with van der Waals surface area (Å²) in [6.07, 6.45) is 5.49. The Labute approximate surface area is 125 Å². The number of hydrogen-bond acceptors (Lipinski definition) is 3. The third kappa shape index (κ3) is 7.11. The number of hydrogen-bond donors (Lipinski definition) is 3. The predicted octanol–water partition coefficient (Wildman–Crippen LogP) is 1.44. The molecule has 0 unspecified atom stereocenters. The second-order valence-electron chi connectivity index (χ2n) is 6.38. The van der Waals surface area contributed by atoms with Crippen molar-refractivity contribution in [1.82, 2.24) is 10.6 Å². The van der Waals surface area contributed by atoms with Crippen LogP contribution in [-0.4, -0.2) is 35.0 Å². The summed E-state index contributed by atoms with van der Waals surface area (Å²) in [5.74, 6) is -1.18. The third-order valence-electron chi connectivity index (χ3n) is 3.84. The summed E-state index contributed by atoms with van der Waals surface area (Å²) in [6.45, 7) is 3.50. The highest BCUT2D eigenvalue weighted by Gasteiger charge is 2.24. The van der Waals surface area contributed by atoms with Crippen molar-refractivity contribution in [2.24, 2.45) is 5.92 Å². The standard InChI is InChI=1S/C15H26N2O4/c1-15(2,9-8-13(19)20)17-12(18)10-16-14(21)11-6-4-3-5-7-11/h11H,3-10H2,1-2H3,(H,16,21)(H,17,18)(H,19,20).